The Labute approximate surface area is 119 Å². The first-order valence-electron chi connectivity index (χ1n) is 5.84. The smallest absolute Gasteiger partial charge is 0.354 e. The number of H-pyrrole nitrogens is 1. The highest BCUT2D eigenvalue weighted by molar-refractivity contribution is 7.09. The van der Waals surface area contributed by atoms with Crippen LogP contribution in [0.4, 0.5) is 10.5 Å². The minimum absolute atomic E-state index is 0.0397. The molecule has 0 saturated heterocycles. The number of thiazole rings is 1. The molecule has 0 aliphatic carbocycles. The van der Waals surface area contributed by atoms with Gasteiger partial charge in [0.2, 0.25) is 0 Å². The number of aryl methyl sites for hydroxylation is 2. The van der Waals surface area contributed by atoms with Gasteiger partial charge < -0.3 is 20.7 Å². The van der Waals surface area contributed by atoms with Crippen molar-refractivity contribution in [3.63, 3.8) is 0 Å². The Kier molecular flexibility index (Phi) is 4.04. The number of carbonyl (C=O) groups is 2. The standard InChI is InChI=1S/C12H14N4O3S/c1-6-3-9(10(14-6)11(17)18)16-12(19)13-4-8-5-20-7(2)15-8/h3,5,14H,4H2,1-2H3,(H,17,18)(H2,13,16,19). The monoisotopic (exact) mass is 294 g/mol. The van der Waals surface area contributed by atoms with Gasteiger partial charge in [-0.3, -0.25) is 0 Å². The average molecular weight is 294 g/mol. The quantitative estimate of drug-likeness (QED) is 0.692. The van der Waals surface area contributed by atoms with E-state index >= 15 is 0 Å². The third-order valence-corrected chi connectivity index (χ3v) is 3.33. The summed E-state index contributed by atoms with van der Waals surface area (Å²) in [6, 6.07) is 1.09. The zero-order valence-electron chi connectivity index (χ0n) is 11.0. The minimum Gasteiger partial charge on any atom is -0.477 e. The Morgan fingerprint density at radius 1 is 1.45 bits per heavy atom. The first kappa shape index (κ1) is 14.1. The Bertz CT molecular complexity index is 647. The molecule has 8 heteroatoms. The summed E-state index contributed by atoms with van der Waals surface area (Å²) in [7, 11) is 0. The lowest BCUT2D eigenvalue weighted by Gasteiger charge is -2.05. The molecule has 0 saturated carbocycles. The van der Waals surface area contributed by atoms with Crippen LogP contribution in [0.3, 0.4) is 0 Å². The van der Waals surface area contributed by atoms with Crippen LogP contribution >= 0.6 is 11.3 Å². The number of carboxylic acids is 1. The number of nitrogens with zero attached hydrogens (tertiary/aromatic N) is 1. The van der Waals surface area contributed by atoms with Gasteiger partial charge in [-0.25, -0.2) is 14.6 Å². The maximum atomic E-state index is 11.7. The molecule has 2 heterocycles. The maximum Gasteiger partial charge on any atom is 0.354 e. The molecule has 0 bridgehead atoms. The molecule has 0 aromatic carbocycles. The lowest BCUT2D eigenvalue weighted by molar-refractivity contribution is 0.0692. The summed E-state index contributed by atoms with van der Waals surface area (Å²) in [6.45, 7) is 3.89. The van der Waals surface area contributed by atoms with Crippen molar-refractivity contribution in [2.75, 3.05) is 5.32 Å². The van der Waals surface area contributed by atoms with E-state index in [1.54, 1.807) is 13.0 Å². The van der Waals surface area contributed by atoms with Gasteiger partial charge in [0, 0.05) is 11.1 Å². The number of urea groups is 1. The van der Waals surface area contributed by atoms with E-state index < -0.39 is 12.0 Å². The van der Waals surface area contributed by atoms with Gasteiger partial charge in [0.05, 0.1) is 22.9 Å². The number of carboxylic acid groups (broad SMARTS) is 1. The fourth-order valence-corrected chi connectivity index (χ4v) is 2.30. The first-order chi connectivity index (χ1) is 9.45. The van der Waals surface area contributed by atoms with Crippen LogP contribution in [-0.2, 0) is 6.54 Å². The van der Waals surface area contributed by atoms with E-state index in [1.807, 2.05) is 12.3 Å². The number of carbonyl (C=O) groups excluding carboxylic acids is 1. The van der Waals surface area contributed by atoms with Gasteiger partial charge in [0.25, 0.3) is 0 Å². The largest absolute Gasteiger partial charge is 0.477 e. The second-order valence-electron chi connectivity index (χ2n) is 4.21. The van der Waals surface area contributed by atoms with E-state index in [0.29, 0.717) is 12.2 Å². The Morgan fingerprint density at radius 2 is 2.20 bits per heavy atom. The first-order valence-corrected chi connectivity index (χ1v) is 6.72. The number of nitrogens with one attached hydrogen (secondary N) is 3. The molecule has 0 spiro atoms. The highest BCUT2D eigenvalue weighted by atomic mass is 32.1. The predicted octanol–water partition coefficient (Wildman–Crippen LogP) is 2.11. The van der Waals surface area contributed by atoms with Crippen LogP contribution in [0.15, 0.2) is 11.4 Å². The molecule has 0 aliphatic heterocycles. The van der Waals surface area contributed by atoms with Crippen LogP contribution in [0.1, 0.15) is 26.9 Å². The van der Waals surface area contributed by atoms with Crippen molar-refractivity contribution >= 4 is 29.0 Å². The molecular weight excluding hydrogens is 280 g/mol. The molecule has 2 amide bonds. The summed E-state index contributed by atoms with van der Waals surface area (Å²) in [6.07, 6.45) is 0. The summed E-state index contributed by atoms with van der Waals surface area (Å²) >= 11 is 1.50. The van der Waals surface area contributed by atoms with Crippen LogP contribution in [0, 0.1) is 13.8 Å². The van der Waals surface area contributed by atoms with Crippen molar-refractivity contribution in [1.29, 1.82) is 0 Å². The van der Waals surface area contributed by atoms with Crippen LogP contribution in [-0.4, -0.2) is 27.1 Å². The van der Waals surface area contributed by atoms with Crippen molar-refractivity contribution in [2.45, 2.75) is 20.4 Å². The van der Waals surface area contributed by atoms with Gasteiger partial charge in [-0.05, 0) is 19.9 Å². The number of amides is 2. The molecule has 20 heavy (non-hydrogen) atoms. The predicted molar refractivity (Wildman–Crippen MR) is 75.2 cm³/mol. The second kappa shape index (κ2) is 5.74. The summed E-state index contributed by atoms with van der Waals surface area (Å²) in [5.41, 5.74) is 1.63. The van der Waals surface area contributed by atoms with E-state index in [1.165, 1.54) is 11.3 Å². The zero-order valence-corrected chi connectivity index (χ0v) is 11.8. The van der Waals surface area contributed by atoms with E-state index in [0.717, 1.165) is 10.7 Å². The highest BCUT2D eigenvalue weighted by Gasteiger charge is 2.15. The molecular formula is C12H14N4O3S. The number of aromatic amines is 1. The zero-order chi connectivity index (χ0) is 14.7. The number of hydrogen-bond acceptors (Lipinski definition) is 4. The van der Waals surface area contributed by atoms with Crippen molar-refractivity contribution in [2.24, 2.45) is 0 Å². The van der Waals surface area contributed by atoms with Gasteiger partial charge in [-0.1, -0.05) is 0 Å². The summed E-state index contributed by atoms with van der Waals surface area (Å²) in [5.74, 6) is -1.12. The van der Waals surface area contributed by atoms with Crippen LogP contribution in [0.5, 0.6) is 0 Å². The molecule has 0 radical (unpaired) electrons. The summed E-state index contributed by atoms with van der Waals surface area (Å²) in [4.78, 5) is 29.6. The molecule has 2 aromatic rings. The second-order valence-corrected chi connectivity index (χ2v) is 5.27. The number of aromatic carboxylic acids is 1. The fraction of sp³-hybridized carbons (Fsp3) is 0.250. The third-order valence-electron chi connectivity index (χ3n) is 2.51. The summed E-state index contributed by atoms with van der Waals surface area (Å²) in [5, 5.41) is 16.9. The van der Waals surface area contributed by atoms with Crippen LogP contribution in [0.25, 0.3) is 0 Å². The summed E-state index contributed by atoms with van der Waals surface area (Å²) < 4.78 is 0. The van der Waals surface area contributed by atoms with Gasteiger partial charge in [-0.2, -0.15) is 0 Å². The molecule has 106 valence electrons. The lowest BCUT2D eigenvalue weighted by atomic mass is 10.3. The number of anilines is 1. The highest BCUT2D eigenvalue weighted by Crippen LogP contribution is 2.16. The molecule has 0 aliphatic rings. The molecule has 4 N–H and O–H groups in total. The van der Waals surface area contributed by atoms with E-state index in [-0.39, 0.29) is 11.4 Å². The maximum absolute atomic E-state index is 11.7. The van der Waals surface area contributed by atoms with E-state index in [2.05, 4.69) is 20.6 Å². The number of hydrogen-bond donors (Lipinski definition) is 4. The van der Waals surface area contributed by atoms with E-state index in [9.17, 15) is 9.59 Å². The van der Waals surface area contributed by atoms with Crippen molar-refractivity contribution in [3.05, 3.63) is 33.5 Å². The number of aromatic nitrogens is 2. The van der Waals surface area contributed by atoms with Crippen LogP contribution < -0.4 is 10.6 Å². The molecule has 2 aromatic heterocycles. The van der Waals surface area contributed by atoms with Gasteiger partial charge >= 0.3 is 12.0 Å². The van der Waals surface area contributed by atoms with E-state index in [4.69, 9.17) is 5.11 Å². The third kappa shape index (κ3) is 3.35. The minimum atomic E-state index is -1.12. The van der Waals surface area contributed by atoms with Gasteiger partial charge in [0.15, 0.2) is 0 Å². The molecule has 0 unspecified atom stereocenters. The molecule has 0 fully saturated rings. The van der Waals surface area contributed by atoms with Crippen LogP contribution in [0.2, 0.25) is 0 Å². The fourth-order valence-electron chi connectivity index (χ4n) is 1.68. The van der Waals surface area contributed by atoms with Gasteiger partial charge in [0.1, 0.15) is 5.69 Å². The Balaban J connectivity index is 1.96. The molecule has 7 nitrogen and oxygen atoms in total. The normalized spacial score (nSPS) is 10.3. The lowest BCUT2D eigenvalue weighted by Crippen LogP contribution is -2.28. The Morgan fingerprint density at radius 3 is 2.80 bits per heavy atom. The average Bonchev–Trinajstić information content (AvgIpc) is 2.93. The molecule has 2 rings (SSSR count). The van der Waals surface area contributed by atoms with Crippen molar-refractivity contribution in [1.82, 2.24) is 15.3 Å². The van der Waals surface area contributed by atoms with Gasteiger partial charge in [-0.15, -0.1) is 11.3 Å². The Hall–Kier alpha value is -2.35. The van der Waals surface area contributed by atoms with Crippen molar-refractivity contribution < 1.29 is 14.7 Å². The van der Waals surface area contributed by atoms with Crippen molar-refractivity contribution in [3.8, 4) is 0 Å². The molecule has 0 atom stereocenters. The SMILES string of the molecule is Cc1cc(NC(=O)NCc2csc(C)n2)c(C(=O)O)[nH]1. The number of rotatable bonds is 4. The topological polar surface area (TPSA) is 107 Å².